The number of nitrogens with zero attached hydrogens (tertiary/aromatic N) is 1. The predicted octanol–water partition coefficient (Wildman–Crippen LogP) is 1.53. The van der Waals surface area contributed by atoms with E-state index in [0.29, 0.717) is 13.1 Å². The molecular formula is C9H15NO2. The van der Waals surface area contributed by atoms with Gasteiger partial charge < -0.3 is 4.84 Å². The zero-order chi connectivity index (χ0) is 9.40. The zero-order valence-corrected chi connectivity index (χ0v) is 7.62. The number of hydrogen-bond donors (Lipinski definition) is 0. The molecule has 0 amide bonds. The minimum Gasteiger partial charge on any atom is -0.364 e. The molecule has 0 N–H and O–H groups in total. The number of hydroxylamine groups is 2. The molecule has 0 fully saturated rings. The highest BCUT2D eigenvalue weighted by Crippen LogP contribution is 1.91. The van der Waals surface area contributed by atoms with Gasteiger partial charge in [0, 0.05) is 19.2 Å². The molecule has 0 aliphatic carbocycles. The lowest BCUT2D eigenvalue weighted by atomic mass is 10.5. The van der Waals surface area contributed by atoms with Gasteiger partial charge in [-0.05, 0) is 13.8 Å². The largest absolute Gasteiger partial charge is 0.364 e. The van der Waals surface area contributed by atoms with E-state index < -0.39 is 0 Å². The van der Waals surface area contributed by atoms with Gasteiger partial charge in [-0.3, -0.25) is 0 Å². The Hall–Kier alpha value is -1.09. The maximum Gasteiger partial charge on any atom is 0.349 e. The molecule has 0 unspecified atom stereocenters. The number of carbonyl (C=O) groups is 1. The number of carbonyl (C=O) groups excluding carboxylic acids is 1. The fourth-order valence-corrected chi connectivity index (χ4v) is 0.657. The van der Waals surface area contributed by atoms with E-state index in [0.717, 1.165) is 0 Å². The molecule has 3 nitrogen and oxygen atoms in total. The summed E-state index contributed by atoms with van der Waals surface area (Å²) in [7, 11) is 0. The third kappa shape index (κ3) is 4.68. The first-order chi connectivity index (χ1) is 5.74. The summed E-state index contributed by atoms with van der Waals surface area (Å²) in [5.74, 6) is -0.362. The van der Waals surface area contributed by atoms with Crippen LogP contribution in [0.1, 0.15) is 13.8 Å². The maximum atomic E-state index is 10.9. The highest BCUT2D eigenvalue weighted by molar-refractivity contribution is 5.81. The Morgan fingerprint density at radius 2 is 2.08 bits per heavy atom. The molecule has 0 aromatic carbocycles. The van der Waals surface area contributed by atoms with Crippen molar-refractivity contribution < 1.29 is 9.63 Å². The van der Waals surface area contributed by atoms with Crippen LogP contribution < -0.4 is 0 Å². The van der Waals surface area contributed by atoms with Crippen molar-refractivity contribution in [2.45, 2.75) is 13.8 Å². The summed E-state index contributed by atoms with van der Waals surface area (Å²) in [6, 6.07) is 0. The molecule has 12 heavy (non-hydrogen) atoms. The van der Waals surface area contributed by atoms with Crippen LogP contribution in [0.3, 0.4) is 0 Å². The van der Waals surface area contributed by atoms with Crippen molar-refractivity contribution in [3.8, 4) is 0 Å². The Morgan fingerprint density at radius 3 is 2.50 bits per heavy atom. The molecule has 0 saturated heterocycles. The summed E-state index contributed by atoms with van der Waals surface area (Å²) in [6.45, 7) is 8.69. The van der Waals surface area contributed by atoms with Crippen LogP contribution in [0.25, 0.3) is 0 Å². The van der Waals surface area contributed by atoms with Crippen molar-refractivity contribution in [1.82, 2.24) is 5.06 Å². The summed E-state index contributed by atoms with van der Waals surface area (Å²) >= 11 is 0. The Balaban J connectivity index is 3.81. The van der Waals surface area contributed by atoms with E-state index in [1.807, 2.05) is 13.8 Å². The van der Waals surface area contributed by atoms with Crippen LogP contribution in [0, 0.1) is 0 Å². The van der Waals surface area contributed by atoms with Crippen LogP contribution in [0.4, 0.5) is 0 Å². The van der Waals surface area contributed by atoms with Crippen LogP contribution in [-0.2, 0) is 9.63 Å². The Kier molecular flexibility index (Phi) is 6.01. The molecule has 0 bridgehead atoms. The molecule has 0 aliphatic heterocycles. The van der Waals surface area contributed by atoms with Crippen molar-refractivity contribution in [3.63, 3.8) is 0 Å². The van der Waals surface area contributed by atoms with Crippen LogP contribution in [0.5, 0.6) is 0 Å². The minimum absolute atomic E-state index is 0.362. The average Bonchev–Trinajstić information content (AvgIpc) is 2.10. The van der Waals surface area contributed by atoms with Crippen LogP contribution in [0.2, 0.25) is 0 Å². The lowest BCUT2D eigenvalue weighted by Gasteiger charge is -2.15. The summed E-state index contributed by atoms with van der Waals surface area (Å²) in [5, 5.41) is 1.58. The zero-order valence-electron chi connectivity index (χ0n) is 7.62. The summed E-state index contributed by atoms with van der Waals surface area (Å²) in [6.07, 6.45) is 4.42. The van der Waals surface area contributed by atoms with Gasteiger partial charge in [-0.25, -0.2) is 4.79 Å². The van der Waals surface area contributed by atoms with Crippen molar-refractivity contribution in [3.05, 3.63) is 24.8 Å². The van der Waals surface area contributed by atoms with Gasteiger partial charge >= 0.3 is 5.97 Å². The molecule has 0 aliphatic rings. The normalized spacial score (nSPS) is 10.6. The van der Waals surface area contributed by atoms with Gasteiger partial charge in [-0.2, -0.15) is 0 Å². The van der Waals surface area contributed by atoms with Crippen molar-refractivity contribution in [2.24, 2.45) is 0 Å². The average molecular weight is 169 g/mol. The van der Waals surface area contributed by atoms with Crippen LogP contribution in [-0.4, -0.2) is 24.1 Å². The summed E-state index contributed by atoms with van der Waals surface area (Å²) in [5.41, 5.74) is 0. The highest BCUT2D eigenvalue weighted by atomic mass is 16.7. The molecule has 0 radical (unpaired) electrons. The second-order valence-corrected chi connectivity index (χ2v) is 2.12. The van der Waals surface area contributed by atoms with Crippen molar-refractivity contribution >= 4 is 5.97 Å². The van der Waals surface area contributed by atoms with Crippen molar-refractivity contribution in [1.29, 1.82) is 0 Å². The number of rotatable bonds is 5. The van der Waals surface area contributed by atoms with E-state index in [1.54, 1.807) is 11.1 Å². The molecule has 0 aromatic rings. The van der Waals surface area contributed by atoms with Gasteiger partial charge in [0.1, 0.15) is 0 Å². The molecule has 3 heteroatoms. The maximum absolute atomic E-state index is 10.9. The van der Waals surface area contributed by atoms with Gasteiger partial charge in [-0.15, -0.1) is 5.06 Å². The van der Waals surface area contributed by atoms with Gasteiger partial charge in [0.15, 0.2) is 0 Å². The quantitative estimate of drug-likeness (QED) is 0.355. The number of hydrogen-bond acceptors (Lipinski definition) is 3. The first kappa shape index (κ1) is 10.9. The second-order valence-electron chi connectivity index (χ2n) is 2.12. The molecular weight excluding hydrogens is 154 g/mol. The fourth-order valence-electron chi connectivity index (χ4n) is 0.657. The summed E-state index contributed by atoms with van der Waals surface area (Å²) < 4.78 is 0. The first-order valence-corrected chi connectivity index (χ1v) is 4.00. The molecule has 68 valence electrons. The molecule has 0 spiro atoms. The van der Waals surface area contributed by atoms with Crippen LogP contribution >= 0.6 is 0 Å². The molecule has 0 rings (SSSR count). The van der Waals surface area contributed by atoms with Gasteiger partial charge in [0.05, 0.1) is 0 Å². The molecule has 0 saturated carbocycles. The lowest BCUT2D eigenvalue weighted by molar-refractivity contribution is -0.182. The van der Waals surface area contributed by atoms with E-state index in [1.165, 1.54) is 12.2 Å². The number of allylic oxidation sites excluding steroid dienone is 2. The van der Waals surface area contributed by atoms with E-state index in [2.05, 4.69) is 6.58 Å². The smallest absolute Gasteiger partial charge is 0.349 e. The third-order valence-corrected chi connectivity index (χ3v) is 1.29. The predicted molar refractivity (Wildman–Crippen MR) is 48.4 cm³/mol. The van der Waals surface area contributed by atoms with E-state index in [4.69, 9.17) is 4.84 Å². The SMILES string of the molecule is C=C/C=C/C(=O)ON(CC)CC. The Bertz CT molecular complexity index is 171. The first-order valence-electron chi connectivity index (χ1n) is 4.00. The second kappa shape index (κ2) is 6.61. The highest BCUT2D eigenvalue weighted by Gasteiger charge is 2.02. The van der Waals surface area contributed by atoms with Gasteiger partial charge in [-0.1, -0.05) is 18.7 Å². The fraction of sp³-hybridized carbons (Fsp3) is 0.444. The minimum atomic E-state index is -0.362. The summed E-state index contributed by atoms with van der Waals surface area (Å²) in [4.78, 5) is 15.8. The van der Waals surface area contributed by atoms with E-state index in [-0.39, 0.29) is 5.97 Å². The molecule has 0 aromatic heterocycles. The standard InChI is InChI=1S/C9H15NO2/c1-4-7-8-9(11)12-10(5-2)6-3/h4,7-8H,1,5-6H2,2-3H3/b8-7+. The van der Waals surface area contributed by atoms with E-state index >= 15 is 0 Å². The molecule has 0 atom stereocenters. The van der Waals surface area contributed by atoms with Gasteiger partial charge in [0.2, 0.25) is 0 Å². The lowest BCUT2D eigenvalue weighted by Crippen LogP contribution is -2.25. The monoisotopic (exact) mass is 169 g/mol. The van der Waals surface area contributed by atoms with E-state index in [9.17, 15) is 4.79 Å². The van der Waals surface area contributed by atoms with Crippen molar-refractivity contribution in [2.75, 3.05) is 13.1 Å². The van der Waals surface area contributed by atoms with Gasteiger partial charge in [0.25, 0.3) is 0 Å². The Morgan fingerprint density at radius 1 is 1.50 bits per heavy atom. The molecule has 0 heterocycles. The Labute approximate surface area is 73.3 Å². The topological polar surface area (TPSA) is 29.5 Å². The third-order valence-electron chi connectivity index (χ3n) is 1.29. The van der Waals surface area contributed by atoms with Crippen LogP contribution in [0.15, 0.2) is 24.8 Å².